The highest BCUT2D eigenvalue weighted by atomic mass is 32.1. The second kappa shape index (κ2) is 6.67. The third-order valence-electron chi connectivity index (χ3n) is 3.10. The molecule has 116 valence electrons. The minimum absolute atomic E-state index is 0.166. The number of aromatic nitrogens is 1. The maximum Gasteiger partial charge on any atom is 0.336 e. The number of carbonyl (C=O) groups excluding carboxylic acids is 1. The molecule has 0 atom stereocenters. The van der Waals surface area contributed by atoms with Gasteiger partial charge in [0.2, 0.25) is 0 Å². The zero-order valence-corrected chi connectivity index (χ0v) is 13.3. The first-order chi connectivity index (χ1) is 10.4. The van der Waals surface area contributed by atoms with Gasteiger partial charge in [-0.1, -0.05) is 6.07 Å². The van der Waals surface area contributed by atoms with Crippen LogP contribution >= 0.6 is 11.3 Å². The monoisotopic (exact) mass is 320 g/mol. The third kappa shape index (κ3) is 3.49. The van der Waals surface area contributed by atoms with Crippen LogP contribution in [0, 0.1) is 13.8 Å². The molecule has 0 fully saturated rings. The van der Waals surface area contributed by atoms with Crippen LogP contribution in [-0.4, -0.2) is 29.1 Å². The van der Waals surface area contributed by atoms with Crippen LogP contribution in [0.4, 0.5) is 5.69 Å². The highest BCUT2D eigenvalue weighted by Gasteiger charge is 2.15. The molecule has 0 aliphatic heterocycles. The maximum atomic E-state index is 12.2. The molecule has 1 aromatic heterocycles. The molecular weight excluding hydrogens is 304 g/mol. The summed E-state index contributed by atoms with van der Waals surface area (Å²) in [7, 11) is 1.56. The number of hydrogen-bond donors (Lipinski definition) is 2. The number of hydrogen-bond acceptors (Lipinski definition) is 5. The highest BCUT2D eigenvalue weighted by molar-refractivity contribution is 7.09. The lowest BCUT2D eigenvalue weighted by Gasteiger charge is -2.10. The summed E-state index contributed by atoms with van der Waals surface area (Å²) in [6, 6.07) is 3.20. The lowest BCUT2D eigenvalue weighted by atomic mass is 10.0. The standard InChI is InChI=1S/C15H16N2O4S/c1-8-4-9(2)11(5-10(8)15(19)20)17-14(18)12-7-22-13(16-12)6-21-3/h4-5,7H,6H2,1-3H3,(H,17,18)(H,19,20). The predicted octanol–water partition coefficient (Wildman–Crippen LogP) is 2.86. The van der Waals surface area contributed by atoms with E-state index in [4.69, 9.17) is 9.84 Å². The van der Waals surface area contributed by atoms with E-state index in [0.29, 0.717) is 22.9 Å². The topological polar surface area (TPSA) is 88.5 Å². The second-order valence-electron chi connectivity index (χ2n) is 4.80. The average molecular weight is 320 g/mol. The number of amides is 1. The summed E-state index contributed by atoms with van der Waals surface area (Å²) >= 11 is 1.34. The number of ether oxygens (including phenoxy) is 1. The Morgan fingerprint density at radius 3 is 2.68 bits per heavy atom. The molecule has 1 aromatic carbocycles. The lowest BCUT2D eigenvalue weighted by Crippen LogP contribution is -2.14. The highest BCUT2D eigenvalue weighted by Crippen LogP contribution is 2.22. The molecular formula is C15H16N2O4S. The number of methoxy groups -OCH3 is 1. The van der Waals surface area contributed by atoms with Gasteiger partial charge in [0, 0.05) is 18.2 Å². The number of carboxylic acids is 1. The normalized spacial score (nSPS) is 10.5. The van der Waals surface area contributed by atoms with E-state index in [1.165, 1.54) is 17.4 Å². The summed E-state index contributed by atoms with van der Waals surface area (Å²) in [6.45, 7) is 3.88. The molecule has 2 aromatic rings. The van der Waals surface area contributed by atoms with Crippen molar-refractivity contribution >= 4 is 28.9 Å². The zero-order chi connectivity index (χ0) is 16.3. The minimum Gasteiger partial charge on any atom is -0.478 e. The van der Waals surface area contributed by atoms with Crippen LogP contribution in [0.15, 0.2) is 17.5 Å². The van der Waals surface area contributed by atoms with E-state index in [-0.39, 0.29) is 17.2 Å². The Hall–Kier alpha value is -2.25. The predicted molar refractivity (Wildman–Crippen MR) is 83.7 cm³/mol. The fourth-order valence-corrected chi connectivity index (χ4v) is 2.75. The quantitative estimate of drug-likeness (QED) is 0.884. The number of aryl methyl sites for hydroxylation is 2. The first-order valence-corrected chi connectivity index (χ1v) is 7.39. The van der Waals surface area contributed by atoms with Crippen molar-refractivity contribution in [1.29, 1.82) is 0 Å². The van der Waals surface area contributed by atoms with Gasteiger partial charge >= 0.3 is 5.97 Å². The van der Waals surface area contributed by atoms with Crippen molar-refractivity contribution in [3.05, 3.63) is 44.9 Å². The summed E-state index contributed by atoms with van der Waals surface area (Å²) in [5.74, 6) is -1.40. The number of nitrogens with one attached hydrogen (secondary N) is 1. The molecule has 0 spiro atoms. The number of anilines is 1. The molecule has 1 heterocycles. The van der Waals surface area contributed by atoms with Gasteiger partial charge in [0.15, 0.2) is 0 Å². The molecule has 0 aliphatic carbocycles. The van der Waals surface area contributed by atoms with Crippen LogP contribution in [0.25, 0.3) is 0 Å². The summed E-state index contributed by atoms with van der Waals surface area (Å²) in [5.41, 5.74) is 2.37. The van der Waals surface area contributed by atoms with Crippen LogP contribution < -0.4 is 5.32 Å². The van der Waals surface area contributed by atoms with E-state index < -0.39 is 5.97 Å². The Kier molecular flexibility index (Phi) is 4.89. The van der Waals surface area contributed by atoms with Crippen molar-refractivity contribution in [1.82, 2.24) is 4.98 Å². The number of rotatable bonds is 5. The van der Waals surface area contributed by atoms with Crippen LogP contribution in [0.1, 0.15) is 37.0 Å². The molecule has 22 heavy (non-hydrogen) atoms. The Morgan fingerprint density at radius 2 is 2.05 bits per heavy atom. The van der Waals surface area contributed by atoms with Crippen LogP contribution in [0.5, 0.6) is 0 Å². The zero-order valence-electron chi connectivity index (χ0n) is 12.5. The Labute approximate surface area is 131 Å². The number of benzene rings is 1. The van der Waals surface area contributed by atoms with Gasteiger partial charge in [-0.05, 0) is 31.0 Å². The van der Waals surface area contributed by atoms with Crippen LogP contribution in [0.2, 0.25) is 0 Å². The minimum atomic E-state index is -1.02. The first-order valence-electron chi connectivity index (χ1n) is 6.51. The molecule has 6 nitrogen and oxygen atoms in total. The molecule has 0 saturated carbocycles. The van der Waals surface area contributed by atoms with Crippen LogP contribution in [-0.2, 0) is 11.3 Å². The number of nitrogens with zero attached hydrogens (tertiary/aromatic N) is 1. The Bertz CT molecular complexity index is 724. The molecule has 0 aliphatic rings. The van der Waals surface area contributed by atoms with E-state index in [0.717, 1.165) is 5.56 Å². The van der Waals surface area contributed by atoms with Crippen molar-refractivity contribution in [3.63, 3.8) is 0 Å². The van der Waals surface area contributed by atoms with E-state index in [2.05, 4.69) is 10.3 Å². The molecule has 7 heteroatoms. The lowest BCUT2D eigenvalue weighted by molar-refractivity contribution is 0.0695. The fourth-order valence-electron chi connectivity index (χ4n) is 2.01. The smallest absolute Gasteiger partial charge is 0.336 e. The maximum absolute atomic E-state index is 12.2. The molecule has 1 amide bonds. The fraction of sp³-hybridized carbons (Fsp3) is 0.267. The SMILES string of the molecule is COCc1nc(C(=O)Nc2cc(C(=O)O)c(C)cc2C)cs1. The molecule has 0 unspecified atom stereocenters. The number of thiazole rings is 1. The second-order valence-corrected chi connectivity index (χ2v) is 5.74. The van der Waals surface area contributed by atoms with Gasteiger partial charge in [0.1, 0.15) is 10.7 Å². The van der Waals surface area contributed by atoms with E-state index in [1.54, 1.807) is 25.5 Å². The third-order valence-corrected chi connectivity index (χ3v) is 3.92. The summed E-state index contributed by atoms with van der Waals surface area (Å²) in [6.07, 6.45) is 0. The van der Waals surface area contributed by atoms with Crippen molar-refractivity contribution in [2.75, 3.05) is 12.4 Å². The molecule has 0 bridgehead atoms. The Morgan fingerprint density at radius 1 is 1.32 bits per heavy atom. The number of aromatic carboxylic acids is 1. The van der Waals surface area contributed by atoms with E-state index in [9.17, 15) is 9.59 Å². The molecule has 2 N–H and O–H groups in total. The number of carbonyl (C=O) groups is 2. The van der Waals surface area contributed by atoms with Gasteiger partial charge < -0.3 is 15.2 Å². The van der Waals surface area contributed by atoms with E-state index in [1.807, 2.05) is 6.92 Å². The summed E-state index contributed by atoms with van der Waals surface area (Å²) in [5, 5.41) is 14.2. The largest absolute Gasteiger partial charge is 0.478 e. The first kappa shape index (κ1) is 16.1. The number of carboxylic acid groups (broad SMARTS) is 1. The average Bonchev–Trinajstić information content (AvgIpc) is 2.90. The van der Waals surface area contributed by atoms with Gasteiger partial charge in [-0.15, -0.1) is 11.3 Å². The molecule has 0 radical (unpaired) electrons. The van der Waals surface area contributed by atoms with Gasteiger partial charge in [0.05, 0.1) is 12.2 Å². The van der Waals surface area contributed by atoms with Crippen molar-refractivity contribution < 1.29 is 19.4 Å². The van der Waals surface area contributed by atoms with Crippen molar-refractivity contribution in [2.45, 2.75) is 20.5 Å². The van der Waals surface area contributed by atoms with Gasteiger partial charge in [-0.2, -0.15) is 0 Å². The van der Waals surface area contributed by atoms with Gasteiger partial charge in [-0.25, -0.2) is 9.78 Å². The summed E-state index contributed by atoms with van der Waals surface area (Å²) in [4.78, 5) is 27.5. The molecule has 2 rings (SSSR count). The summed E-state index contributed by atoms with van der Waals surface area (Å²) < 4.78 is 4.96. The van der Waals surface area contributed by atoms with Crippen molar-refractivity contribution in [2.24, 2.45) is 0 Å². The Balaban J connectivity index is 2.23. The van der Waals surface area contributed by atoms with Crippen molar-refractivity contribution in [3.8, 4) is 0 Å². The van der Waals surface area contributed by atoms with E-state index >= 15 is 0 Å². The molecule has 0 saturated heterocycles. The van der Waals surface area contributed by atoms with Gasteiger partial charge in [0.25, 0.3) is 5.91 Å². The van der Waals surface area contributed by atoms with Gasteiger partial charge in [-0.3, -0.25) is 4.79 Å². The van der Waals surface area contributed by atoms with Crippen LogP contribution in [0.3, 0.4) is 0 Å².